The zero-order valence-corrected chi connectivity index (χ0v) is 11.6. The Bertz CT molecular complexity index is 548. The molecule has 0 aliphatic rings. The van der Waals surface area contributed by atoms with Crippen LogP contribution in [-0.4, -0.2) is 41.6 Å². The van der Waals surface area contributed by atoms with E-state index in [1.165, 1.54) is 12.1 Å². The van der Waals surface area contributed by atoms with Gasteiger partial charge < -0.3 is 15.2 Å². The molecule has 2 aromatic rings. The Hall–Kier alpha value is -1.46. The molecule has 0 aliphatic heterocycles. The minimum absolute atomic E-state index is 0.246. The SMILES string of the molecule is CN(C)CCCn1c(CCN)nc2cc(F)ccc21. The maximum atomic E-state index is 13.2. The minimum atomic E-state index is -0.246. The van der Waals surface area contributed by atoms with Crippen LogP contribution in [0.2, 0.25) is 0 Å². The summed E-state index contributed by atoms with van der Waals surface area (Å²) in [6, 6.07) is 4.77. The number of fused-ring (bicyclic) bond motifs is 1. The quantitative estimate of drug-likeness (QED) is 0.862. The van der Waals surface area contributed by atoms with Gasteiger partial charge in [0.25, 0.3) is 0 Å². The predicted octanol–water partition coefficient (Wildman–Crippen LogP) is 1.63. The third-order valence-corrected chi connectivity index (χ3v) is 3.14. The summed E-state index contributed by atoms with van der Waals surface area (Å²) in [6.07, 6.45) is 1.76. The van der Waals surface area contributed by atoms with Gasteiger partial charge in [0.15, 0.2) is 0 Å². The van der Waals surface area contributed by atoms with Crippen LogP contribution in [0, 0.1) is 5.82 Å². The summed E-state index contributed by atoms with van der Waals surface area (Å²) in [4.78, 5) is 6.64. The third kappa shape index (κ3) is 3.30. The van der Waals surface area contributed by atoms with Gasteiger partial charge in [-0.3, -0.25) is 0 Å². The number of benzene rings is 1. The van der Waals surface area contributed by atoms with Crippen LogP contribution in [0.25, 0.3) is 11.0 Å². The first-order chi connectivity index (χ1) is 9.11. The van der Waals surface area contributed by atoms with Crippen molar-refractivity contribution in [3.63, 3.8) is 0 Å². The van der Waals surface area contributed by atoms with Gasteiger partial charge in [0, 0.05) is 19.0 Å². The molecule has 0 unspecified atom stereocenters. The maximum Gasteiger partial charge on any atom is 0.125 e. The summed E-state index contributed by atoms with van der Waals surface area (Å²) in [5.74, 6) is 0.701. The van der Waals surface area contributed by atoms with Gasteiger partial charge in [-0.15, -0.1) is 0 Å². The molecule has 2 rings (SSSR count). The first kappa shape index (κ1) is 14.0. The lowest BCUT2D eigenvalue weighted by atomic mass is 10.3. The van der Waals surface area contributed by atoms with Crippen molar-refractivity contribution in [3.8, 4) is 0 Å². The van der Waals surface area contributed by atoms with Gasteiger partial charge in [-0.05, 0) is 45.7 Å². The Balaban J connectivity index is 2.29. The van der Waals surface area contributed by atoms with Crippen molar-refractivity contribution in [1.82, 2.24) is 14.5 Å². The molecule has 0 bridgehead atoms. The molecule has 1 aromatic carbocycles. The average molecular weight is 264 g/mol. The number of aromatic nitrogens is 2. The second kappa shape index (κ2) is 6.12. The topological polar surface area (TPSA) is 47.1 Å². The smallest absolute Gasteiger partial charge is 0.125 e. The van der Waals surface area contributed by atoms with Gasteiger partial charge in [-0.1, -0.05) is 0 Å². The molecule has 0 radical (unpaired) electrons. The summed E-state index contributed by atoms with van der Waals surface area (Å²) < 4.78 is 15.4. The molecule has 2 N–H and O–H groups in total. The lowest BCUT2D eigenvalue weighted by Crippen LogP contribution is -2.16. The zero-order chi connectivity index (χ0) is 13.8. The van der Waals surface area contributed by atoms with Crippen LogP contribution >= 0.6 is 0 Å². The number of rotatable bonds is 6. The molecular weight excluding hydrogens is 243 g/mol. The Morgan fingerprint density at radius 2 is 2.16 bits per heavy atom. The Morgan fingerprint density at radius 3 is 2.84 bits per heavy atom. The highest BCUT2D eigenvalue weighted by molar-refractivity contribution is 5.76. The predicted molar refractivity (Wildman–Crippen MR) is 75.6 cm³/mol. The van der Waals surface area contributed by atoms with Crippen LogP contribution in [0.3, 0.4) is 0 Å². The molecule has 4 nitrogen and oxygen atoms in total. The monoisotopic (exact) mass is 264 g/mol. The number of nitrogens with zero attached hydrogens (tertiary/aromatic N) is 3. The molecule has 0 saturated heterocycles. The molecule has 0 amide bonds. The summed E-state index contributed by atoms with van der Waals surface area (Å²) in [5, 5.41) is 0. The first-order valence-electron chi connectivity index (χ1n) is 6.61. The van der Waals surface area contributed by atoms with Crippen LogP contribution in [0.5, 0.6) is 0 Å². The van der Waals surface area contributed by atoms with E-state index in [0.717, 1.165) is 37.3 Å². The molecule has 0 saturated carbocycles. The highest BCUT2D eigenvalue weighted by atomic mass is 19.1. The number of halogens is 1. The molecule has 0 fully saturated rings. The zero-order valence-electron chi connectivity index (χ0n) is 11.6. The van der Waals surface area contributed by atoms with Gasteiger partial charge in [0.1, 0.15) is 11.6 Å². The lowest BCUT2D eigenvalue weighted by molar-refractivity contribution is 0.386. The number of hydrogen-bond donors (Lipinski definition) is 1. The highest BCUT2D eigenvalue weighted by Gasteiger charge is 2.10. The fourth-order valence-corrected chi connectivity index (χ4v) is 2.27. The van der Waals surface area contributed by atoms with Crippen molar-refractivity contribution >= 4 is 11.0 Å². The summed E-state index contributed by atoms with van der Waals surface area (Å²) >= 11 is 0. The molecule has 0 spiro atoms. The van der Waals surface area contributed by atoms with E-state index in [1.807, 2.05) is 0 Å². The molecule has 104 valence electrons. The van der Waals surface area contributed by atoms with Gasteiger partial charge in [0.05, 0.1) is 11.0 Å². The standard InChI is InChI=1S/C14H21FN4/c1-18(2)8-3-9-19-13-5-4-11(15)10-12(13)17-14(19)6-7-16/h4-5,10H,3,6-9,16H2,1-2H3. The van der Waals surface area contributed by atoms with E-state index in [-0.39, 0.29) is 5.82 Å². The number of imidazole rings is 1. The number of aryl methyl sites for hydroxylation is 1. The second-order valence-corrected chi connectivity index (χ2v) is 5.01. The van der Waals surface area contributed by atoms with Crippen LogP contribution in [-0.2, 0) is 13.0 Å². The van der Waals surface area contributed by atoms with Crippen molar-refractivity contribution in [2.75, 3.05) is 27.2 Å². The van der Waals surface area contributed by atoms with E-state index >= 15 is 0 Å². The molecule has 1 aromatic heterocycles. The van der Waals surface area contributed by atoms with Crippen LogP contribution in [0.4, 0.5) is 4.39 Å². The van der Waals surface area contributed by atoms with E-state index in [0.29, 0.717) is 12.1 Å². The summed E-state index contributed by atoms with van der Waals surface area (Å²) in [6.45, 7) is 2.46. The van der Waals surface area contributed by atoms with E-state index in [9.17, 15) is 4.39 Å². The Labute approximate surface area is 113 Å². The first-order valence-corrected chi connectivity index (χ1v) is 6.61. The van der Waals surface area contributed by atoms with E-state index in [1.54, 1.807) is 6.07 Å². The number of nitrogens with two attached hydrogens (primary N) is 1. The van der Waals surface area contributed by atoms with Crippen molar-refractivity contribution < 1.29 is 4.39 Å². The van der Waals surface area contributed by atoms with E-state index < -0.39 is 0 Å². The van der Waals surface area contributed by atoms with Crippen molar-refractivity contribution in [3.05, 3.63) is 29.8 Å². The Morgan fingerprint density at radius 1 is 1.37 bits per heavy atom. The molecule has 0 aliphatic carbocycles. The van der Waals surface area contributed by atoms with Crippen LogP contribution < -0.4 is 5.73 Å². The average Bonchev–Trinajstić information content (AvgIpc) is 2.66. The Kier molecular flexibility index (Phi) is 4.50. The number of hydrogen-bond acceptors (Lipinski definition) is 3. The fraction of sp³-hybridized carbons (Fsp3) is 0.500. The summed E-state index contributed by atoms with van der Waals surface area (Å²) in [7, 11) is 4.12. The normalized spacial score (nSPS) is 11.6. The van der Waals surface area contributed by atoms with Crippen molar-refractivity contribution in [2.45, 2.75) is 19.4 Å². The van der Waals surface area contributed by atoms with Crippen molar-refractivity contribution in [1.29, 1.82) is 0 Å². The van der Waals surface area contributed by atoms with E-state index in [4.69, 9.17) is 5.73 Å². The molecular formula is C14H21FN4. The fourth-order valence-electron chi connectivity index (χ4n) is 2.27. The minimum Gasteiger partial charge on any atom is -0.330 e. The highest BCUT2D eigenvalue weighted by Crippen LogP contribution is 2.18. The van der Waals surface area contributed by atoms with E-state index in [2.05, 4.69) is 28.5 Å². The molecule has 1 heterocycles. The largest absolute Gasteiger partial charge is 0.330 e. The molecule has 5 heteroatoms. The van der Waals surface area contributed by atoms with Gasteiger partial charge in [0.2, 0.25) is 0 Å². The lowest BCUT2D eigenvalue weighted by Gasteiger charge is -2.12. The summed E-state index contributed by atoms with van der Waals surface area (Å²) in [5.41, 5.74) is 7.33. The van der Waals surface area contributed by atoms with Crippen LogP contribution in [0.1, 0.15) is 12.2 Å². The molecule has 19 heavy (non-hydrogen) atoms. The molecule has 0 atom stereocenters. The van der Waals surface area contributed by atoms with Gasteiger partial charge >= 0.3 is 0 Å². The van der Waals surface area contributed by atoms with Gasteiger partial charge in [-0.25, -0.2) is 9.37 Å². The van der Waals surface area contributed by atoms with Crippen molar-refractivity contribution in [2.24, 2.45) is 5.73 Å². The van der Waals surface area contributed by atoms with Gasteiger partial charge in [-0.2, -0.15) is 0 Å². The van der Waals surface area contributed by atoms with Crippen LogP contribution in [0.15, 0.2) is 18.2 Å². The third-order valence-electron chi connectivity index (χ3n) is 3.14. The second-order valence-electron chi connectivity index (χ2n) is 5.01. The maximum absolute atomic E-state index is 13.2.